The number of guanidine groups is 1. The van der Waals surface area contributed by atoms with Crippen molar-refractivity contribution < 1.29 is 13.9 Å². The molecule has 1 aromatic rings. The highest BCUT2D eigenvalue weighted by atomic mass is 127. The van der Waals surface area contributed by atoms with Gasteiger partial charge in [-0.25, -0.2) is 4.39 Å². The van der Waals surface area contributed by atoms with Crippen molar-refractivity contribution in [2.24, 2.45) is 10.9 Å². The van der Waals surface area contributed by atoms with Crippen LogP contribution in [0.5, 0.6) is 0 Å². The number of halogens is 2. The topological polar surface area (TPSA) is 58.1 Å². The Morgan fingerprint density at radius 1 is 1.25 bits per heavy atom. The van der Waals surface area contributed by atoms with Gasteiger partial charge in [-0.15, -0.1) is 24.0 Å². The molecule has 8 heteroatoms. The van der Waals surface area contributed by atoms with Crippen molar-refractivity contribution in [1.82, 2.24) is 15.5 Å². The smallest absolute Gasteiger partial charge is 0.191 e. The van der Waals surface area contributed by atoms with Gasteiger partial charge in [-0.3, -0.25) is 9.89 Å². The van der Waals surface area contributed by atoms with Crippen molar-refractivity contribution in [3.8, 4) is 0 Å². The standard InChI is InChI=1S/C20H31FN4O2.HI/c1-15-11-16(3-4-18(15)21)12-23-20(22-2)24-13-19(17-5-8-27-14-17)25-6-9-26-10-7-25;/h3-4,11,17,19H,5-10,12-14H2,1-2H3,(H2,22,23,24);1H. The van der Waals surface area contributed by atoms with Crippen LogP contribution in [0.25, 0.3) is 0 Å². The summed E-state index contributed by atoms with van der Waals surface area (Å²) in [4.78, 5) is 6.84. The summed E-state index contributed by atoms with van der Waals surface area (Å²) in [5.41, 5.74) is 1.69. The molecular formula is C20H32FIN4O2. The molecule has 0 bridgehead atoms. The third-order valence-electron chi connectivity index (χ3n) is 5.41. The Balaban J connectivity index is 0.00000280. The number of morpholine rings is 1. The maximum Gasteiger partial charge on any atom is 0.191 e. The summed E-state index contributed by atoms with van der Waals surface area (Å²) in [7, 11) is 1.77. The molecule has 28 heavy (non-hydrogen) atoms. The first-order valence-corrected chi connectivity index (χ1v) is 9.76. The van der Waals surface area contributed by atoms with Crippen LogP contribution in [-0.2, 0) is 16.0 Å². The van der Waals surface area contributed by atoms with Crippen molar-refractivity contribution in [3.63, 3.8) is 0 Å². The number of benzene rings is 1. The zero-order valence-corrected chi connectivity index (χ0v) is 19.1. The van der Waals surface area contributed by atoms with Gasteiger partial charge in [-0.1, -0.05) is 12.1 Å². The number of rotatable bonds is 6. The van der Waals surface area contributed by atoms with E-state index in [1.807, 2.05) is 6.07 Å². The molecule has 0 aliphatic carbocycles. The molecule has 6 nitrogen and oxygen atoms in total. The highest BCUT2D eigenvalue weighted by molar-refractivity contribution is 14.0. The van der Waals surface area contributed by atoms with Gasteiger partial charge < -0.3 is 20.1 Å². The molecule has 2 fully saturated rings. The Morgan fingerprint density at radius 3 is 2.68 bits per heavy atom. The fourth-order valence-electron chi connectivity index (χ4n) is 3.78. The molecule has 2 unspecified atom stereocenters. The van der Waals surface area contributed by atoms with E-state index in [1.165, 1.54) is 6.07 Å². The van der Waals surface area contributed by atoms with E-state index in [0.29, 0.717) is 24.1 Å². The molecule has 0 aromatic heterocycles. The van der Waals surface area contributed by atoms with Crippen LogP contribution in [0.3, 0.4) is 0 Å². The molecule has 0 amide bonds. The second-order valence-corrected chi connectivity index (χ2v) is 7.23. The van der Waals surface area contributed by atoms with Gasteiger partial charge >= 0.3 is 0 Å². The van der Waals surface area contributed by atoms with Crippen LogP contribution in [0.15, 0.2) is 23.2 Å². The molecule has 2 heterocycles. The number of ether oxygens (including phenoxy) is 2. The second-order valence-electron chi connectivity index (χ2n) is 7.23. The second kappa shape index (κ2) is 11.9. The Labute approximate surface area is 184 Å². The lowest BCUT2D eigenvalue weighted by Gasteiger charge is -2.37. The van der Waals surface area contributed by atoms with Crippen LogP contribution in [0.2, 0.25) is 0 Å². The van der Waals surface area contributed by atoms with Crippen LogP contribution >= 0.6 is 24.0 Å². The molecule has 0 radical (unpaired) electrons. The Bertz CT molecular complexity index is 635. The quantitative estimate of drug-likeness (QED) is 0.352. The van der Waals surface area contributed by atoms with Crippen molar-refractivity contribution >= 4 is 29.9 Å². The summed E-state index contributed by atoms with van der Waals surface area (Å²) in [5, 5.41) is 6.79. The first-order chi connectivity index (χ1) is 13.2. The van der Waals surface area contributed by atoms with Crippen molar-refractivity contribution in [1.29, 1.82) is 0 Å². The van der Waals surface area contributed by atoms with E-state index in [-0.39, 0.29) is 29.8 Å². The van der Waals surface area contributed by atoms with Gasteiger partial charge in [0.2, 0.25) is 0 Å². The molecular weight excluding hydrogens is 474 g/mol. The van der Waals surface area contributed by atoms with E-state index in [2.05, 4.69) is 20.5 Å². The maximum atomic E-state index is 13.4. The van der Waals surface area contributed by atoms with Gasteiger partial charge in [0.15, 0.2) is 5.96 Å². The maximum absolute atomic E-state index is 13.4. The predicted octanol–water partition coefficient (Wildman–Crippen LogP) is 2.15. The summed E-state index contributed by atoms with van der Waals surface area (Å²) in [6.07, 6.45) is 1.10. The summed E-state index contributed by atoms with van der Waals surface area (Å²) in [6.45, 7) is 8.39. The molecule has 2 aliphatic rings. The molecule has 1 aromatic carbocycles. The van der Waals surface area contributed by atoms with Crippen LogP contribution in [0.1, 0.15) is 17.5 Å². The molecule has 0 saturated carbocycles. The van der Waals surface area contributed by atoms with Gasteiger partial charge in [0.1, 0.15) is 5.82 Å². The number of hydrogen-bond acceptors (Lipinski definition) is 4. The molecule has 2 N–H and O–H groups in total. The van der Waals surface area contributed by atoms with E-state index >= 15 is 0 Å². The lowest BCUT2D eigenvalue weighted by atomic mass is 9.97. The summed E-state index contributed by atoms with van der Waals surface area (Å²) < 4.78 is 24.6. The minimum Gasteiger partial charge on any atom is -0.381 e. The number of nitrogens with one attached hydrogen (secondary N) is 2. The van der Waals surface area contributed by atoms with E-state index < -0.39 is 0 Å². The van der Waals surface area contributed by atoms with Gasteiger partial charge in [-0.2, -0.15) is 0 Å². The zero-order valence-electron chi connectivity index (χ0n) is 16.7. The number of hydrogen-bond donors (Lipinski definition) is 2. The van der Waals surface area contributed by atoms with Crippen LogP contribution < -0.4 is 10.6 Å². The Morgan fingerprint density at radius 2 is 2.04 bits per heavy atom. The number of aryl methyl sites for hydroxylation is 1. The SMILES string of the molecule is CN=C(NCc1ccc(F)c(C)c1)NCC(C1CCOC1)N1CCOCC1.I. The highest BCUT2D eigenvalue weighted by Crippen LogP contribution is 2.21. The molecule has 2 aliphatic heterocycles. The summed E-state index contributed by atoms with van der Waals surface area (Å²) in [5.74, 6) is 1.12. The average molecular weight is 506 g/mol. The minimum absolute atomic E-state index is 0. The predicted molar refractivity (Wildman–Crippen MR) is 120 cm³/mol. The van der Waals surface area contributed by atoms with E-state index in [4.69, 9.17) is 9.47 Å². The normalized spacial score (nSPS) is 21.8. The first-order valence-electron chi connectivity index (χ1n) is 9.76. The van der Waals surface area contributed by atoms with Crippen molar-refractivity contribution in [3.05, 3.63) is 35.1 Å². The molecule has 2 saturated heterocycles. The fourth-order valence-corrected chi connectivity index (χ4v) is 3.78. The third-order valence-corrected chi connectivity index (χ3v) is 5.41. The molecule has 3 rings (SSSR count). The van der Waals surface area contributed by atoms with Gasteiger partial charge in [-0.05, 0) is 30.5 Å². The van der Waals surface area contributed by atoms with Crippen LogP contribution in [0.4, 0.5) is 4.39 Å². The fraction of sp³-hybridized carbons (Fsp3) is 0.650. The summed E-state index contributed by atoms with van der Waals surface area (Å²) >= 11 is 0. The van der Waals surface area contributed by atoms with E-state index in [0.717, 1.165) is 64.0 Å². The zero-order chi connectivity index (χ0) is 19.1. The van der Waals surface area contributed by atoms with Gasteiger partial charge in [0, 0.05) is 51.8 Å². The Hall–Kier alpha value is -0.970. The van der Waals surface area contributed by atoms with E-state index in [1.54, 1.807) is 20.0 Å². The first kappa shape index (κ1) is 23.3. The van der Waals surface area contributed by atoms with Crippen molar-refractivity contribution in [2.45, 2.75) is 25.9 Å². The van der Waals surface area contributed by atoms with Crippen molar-refractivity contribution in [2.75, 3.05) is 53.1 Å². The lowest BCUT2D eigenvalue weighted by molar-refractivity contribution is 0.00246. The average Bonchev–Trinajstić information content (AvgIpc) is 3.22. The Kier molecular flexibility index (Phi) is 9.90. The summed E-state index contributed by atoms with van der Waals surface area (Å²) in [6, 6.07) is 5.58. The highest BCUT2D eigenvalue weighted by Gasteiger charge is 2.31. The third kappa shape index (κ3) is 6.53. The van der Waals surface area contributed by atoms with Crippen LogP contribution in [-0.4, -0.2) is 70.0 Å². The largest absolute Gasteiger partial charge is 0.381 e. The monoisotopic (exact) mass is 506 g/mol. The molecule has 0 spiro atoms. The minimum atomic E-state index is -0.173. The molecule has 158 valence electrons. The lowest BCUT2D eigenvalue weighted by Crippen LogP contribution is -2.53. The molecule has 2 atom stereocenters. The number of nitrogens with zero attached hydrogens (tertiary/aromatic N) is 2. The number of aliphatic imine (C=N–C) groups is 1. The van der Waals surface area contributed by atoms with Gasteiger partial charge in [0.25, 0.3) is 0 Å². The van der Waals surface area contributed by atoms with Gasteiger partial charge in [0.05, 0.1) is 19.8 Å². The van der Waals surface area contributed by atoms with Crippen LogP contribution in [0, 0.1) is 18.7 Å². The van der Waals surface area contributed by atoms with E-state index in [9.17, 15) is 4.39 Å².